The highest BCUT2D eigenvalue weighted by molar-refractivity contribution is 9.09. The number of thiophene rings is 1. The van der Waals surface area contributed by atoms with Crippen molar-refractivity contribution in [2.24, 2.45) is 0 Å². The van der Waals surface area contributed by atoms with Gasteiger partial charge in [-0.3, -0.25) is 0 Å². The molecule has 13 heavy (non-hydrogen) atoms. The first-order chi connectivity index (χ1) is 6.29. The van der Waals surface area contributed by atoms with Crippen LogP contribution >= 0.6 is 27.3 Å². The summed E-state index contributed by atoms with van der Waals surface area (Å²) < 4.78 is 5.41. The molecule has 1 nitrogen and oxygen atoms in total. The van der Waals surface area contributed by atoms with E-state index in [-0.39, 0.29) is 4.83 Å². The van der Waals surface area contributed by atoms with Crippen LogP contribution in [-0.4, -0.2) is 0 Å². The molecule has 3 heteroatoms. The van der Waals surface area contributed by atoms with Crippen LogP contribution < -0.4 is 0 Å². The average molecular weight is 257 g/mol. The fraction of sp³-hybridized carbons (Fsp3) is 0.200. The van der Waals surface area contributed by atoms with E-state index in [1.807, 2.05) is 12.1 Å². The molecule has 0 saturated heterocycles. The molecule has 0 fully saturated rings. The van der Waals surface area contributed by atoms with E-state index in [0.717, 1.165) is 5.76 Å². The van der Waals surface area contributed by atoms with Gasteiger partial charge in [-0.1, -0.05) is 22.0 Å². The van der Waals surface area contributed by atoms with E-state index in [4.69, 9.17) is 4.42 Å². The van der Waals surface area contributed by atoms with Gasteiger partial charge in [0.05, 0.1) is 6.26 Å². The minimum atomic E-state index is 0.197. The predicted molar refractivity (Wildman–Crippen MR) is 58.5 cm³/mol. The minimum Gasteiger partial charge on any atom is -0.467 e. The maximum atomic E-state index is 5.41. The number of rotatable bonds is 2. The number of hydrogen-bond donors (Lipinski definition) is 0. The van der Waals surface area contributed by atoms with Gasteiger partial charge in [-0.2, -0.15) is 0 Å². The summed E-state index contributed by atoms with van der Waals surface area (Å²) in [5.41, 5.74) is 1.19. The zero-order valence-electron chi connectivity index (χ0n) is 7.16. The van der Waals surface area contributed by atoms with Gasteiger partial charge in [0.1, 0.15) is 10.6 Å². The van der Waals surface area contributed by atoms with E-state index in [2.05, 4.69) is 34.3 Å². The fourth-order valence-electron chi connectivity index (χ4n) is 1.21. The molecule has 68 valence electrons. The SMILES string of the molecule is Cc1ccoc1C(Br)c1cccs1. The molecule has 0 spiro atoms. The van der Waals surface area contributed by atoms with Gasteiger partial charge in [0, 0.05) is 4.88 Å². The van der Waals surface area contributed by atoms with Crippen molar-refractivity contribution in [1.82, 2.24) is 0 Å². The average Bonchev–Trinajstić information content (AvgIpc) is 2.72. The van der Waals surface area contributed by atoms with Gasteiger partial charge >= 0.3 is 0 Å². The third-order valence-electron chi connectivity index (χ3n) is 1.92. The standard InChI is InChI=1S/C10H9BrOS/c1-7-4-5-12-10(7)9(11)8-3-2-6-13-8/h2-6,9H,1H3. The van der Waals surface area contributed by atoms with Crippen LogP contribution in [0.2, 0.25) is 0 Å². The Hall–Kier alpha value is -0.540. The summed E-state index contributed by atoms with van der Waals surface area (Å²) in [6.45, 7) is 2.06. The molecule has 2 aromatic heterocycles. The lowest BCUT2D eigenvalue weighted by Gasteiger charge is -2.04. The lowest BCUT2D eigenvalue weighted by molar-refractivity contribution is 0.518. The van der Waals surface area contributed by atoms with Crippen LogP contribution in [0.3, 0.4) is 0 Å². The molecule has 0 radical (unpaired) electrons. The second-order valence-corrected chi connectivity index (χ2v) is 4.74. The third-order valence-corrected chi connectivity index (χ3v) is 4.07. The number of alkyl halides is 1. The van der Waals surface area contributed by atoms with Crippen LogP contribution in [0.25, 0.3) is 0 Å². The Labute approximate surface area is 89.5 Å². The monoisotopic (exact) mass is 256 g/mol. The largest absolute Gasteiger partial charge is 0.467 e. The second kappa shape index (κ2) is 3.68. The minimum absolute atomic E-state index is 0.197. The van der Waals surface area contributed by atoms with Crippen LogP contribution in [0.1, 0.15) is 21.0 Å². The van der Waals surface area contributed by atoms with Gasteiger partial charge in [0.15, 0.2) is 0 Å². The summed E-state index contributed by atoms with van der Waals surface area (Å²) in [4.78, 5) is 1.47. The first-order valence-corrected chi connectivity index (χ1v) is 5.80. The molecule has 0 bridgehead atoms. The number of hydrogen-bond acceptors (Lipinski definition) is 2. The van der Waals surface area contributed by atoms with Crippen molar-refractivity contribution in [2.45, 2.75) is 11.8 Å². The van der Waals surface area contributed by atoms with E-state index >= 15 is 0 Å². The molecular weight excluding hydrogens is 248 g/mol. The van der Waals surface area contributed by atoms with Crippen LogP contribution in [0.4, 0.5) is 0 Å². The van der Waals surface area contributed by atoms with E-state index in [1.165, 1.54) is 10.4 Å². The zero-order chi connectivity index (χ0) is 9.26. The predicted octanol–water partition coefficient (Wildman–Crippen LogP) is 4.13. The molecule has 0 aliphatic rings. The Balaban J connectivity index is 2.33. The molecule has 1 unspecified atom stereocenters. The third kappa shape index (κ3) is 1.71. The maximum Gasteiger partial charge on any atom is 0.125 e. The maximum absolute atomic E-state index is 5.41. The molecule has 0 aliphatic carbocycles. The van der Waals surface area contributed by atoms with E-state index in [9.17, 15) is 0 Å². The van der Waals surface area contributed by atoms with Gasteiger partial charge < -0.3 is 4.42 Å². The molecule has 2 heterocycles. The van der Waals surface area contributed by atoms with E-state index < -0.39 is 0 Å². The first kappa shape index (κ1) is 9.03. The molecule has 0 amide bonds. The summed E-state index contributed by atoms with van der Waals surface area (Å²) in [5.74, 6) is 1.00. The van der Waals surface area contributed by atoms with Gasteiger partial charge in [0.2, 0.25) is 0 Å². The van der Waals surface area contributed by atoms with Crippen LogP contribution in [-0.2, 0) is 0 Å². The molecular formula is C10H9BrOS. The Morgan fingerprint density at radius 1 is 1.46 bits per heavy atom. The van der Waals surface area contributed by atoms with Crippen LogP contribution in [0.15, 0.2) is 34.3 Å². The Kier molecular flexibility index (Phi) is 2.56. The van der Waals surface area contributed by atoms with Crippen molar-refractivity contribution in [2.75, 3.05) is 0 Å². The lowest BCUT2D eigenvalue weighted by atomic mass is 10.2. The molecule has 0 saturated carbocycles. The van der Waals surface area contributed by atoms with Crippen molar-refractivity contribution in [1.29, 1.82) is 0 Å². The first-order valence-electron chi connectivity index (χ1n) is 4.00. The van der Waals surface area contributed by atoms with E-state index in [1.54, 1.807) is 17.6 Å². The van der Waals surface area contributed by atoms with Crippen molar-refractivity contribution >= 4 is 27.3 Å². The normalized spacial score (nSPS) is 13.1. The summed E-state index contributed by atoms with van der Waals surface area (Å²) in [7, 11) is 0. The zero-order valence-corrected chi connectivity index (χ0v) is 9.56. The van der Waals surface area contributed by atoms with E-state index in [0.29, 0.717) is 0 Å². The van der Waals surface area contributed by atoms with Gasteiger partial charge in [0.25, 0.3) is 0 Å². The second-order valence-electron chi connectivity index (χ2n) is 2.85. The Morgan fingerprint density at radius 2 is 2.31 bits per heavy atom. The Bertz CT molecular complexity index is 377. The highest BCUT2D eigenvalue weighted by atomic mass is 79.9. The summed E-state index contributed by atoms with van der Waals surface area (Å²) in [5, 5.41) is 2.07. The van der Waals surface area contributed by atoms with Gasteiger partial charge in [-0.05, 0) is 30.0 Å². The van der Waals surface area contributed by atoms with Crippen LogP contribution in [0, 0.1) is 6.92 Å². The molecule has 0 aromatic carbocycles. The highest BCUT2D eigenvalue weighted by Gasteiger charge is 2.16. The Morgan fingerprint density at radius 3 is 2.85 bits per heavy atom. The van der Waals surface area contributed by atoms with Crippen LogP contribution in [0.5, 0.6) is 0 Å². The highest BCUT2D eigenvalue weighted by Crippen LogP contribution is 2.35. The quantitative estimate of drug-likeness (QED) is 0.737. The molecule has 0 N–H and O–H groups in total. The number of aryl methyl sites for hydroxylation is 1. The molecule has 1 atom stereocenters. The molecule has 0 aliphatic heterocycles. The van der Waals surface area contributed by atoms with Crippen molar-refractivity contribution in [3.8, 4) is 0 Å². The van der Waals surface area contributed by atoms with Crippen molar-refractivity contribution in [3.05, 3.63) is 46.0 Å². The topological polar surface area (TPSA) is 13.1 Å². The number of furan rings is 1. The summed E-state index contributed by atoms with van der Waals surface area (Å²) in [6.07, 6.45) is 1.73. The summed E-state index contributed by atoms with van der Waals surface area (Å²) >= 11 is 5.35. The van der Waals surface area contributed by atoms with Gasteiger partial charge in [-0.15, -0.1) is 11.3 Å². The smallest absolute Gasteiger partial charge is 0.125 e. The molecule has 2 aromatic rings. The number of halogens is 1. The lowest BCUT2D eigenvalue weighted by Crippen LogP contribution is -1.88. The summed E-state index contributed by atoms with van der Waals surface area (Å²) in [6, 6.07) is 6.13. The van der Waals surface area contributed by atoms with Gasteiger partial charge in [-0.25, -0.2) is 0 Å². The molecule has 2 rings (SSSR count). The van der Waals surface area contributed by atoms with Crippen molar-refractivity contribution < 1.29 is 4.42 Å². The fourth-order valence-corrected chi connectivity index (χ4v) is 2.85. The van der Waals surface area contributed by atoms with Crippen molar-refractivity contribution in [3.63, 3.8) is 0 Å².